The van der Waals surface area contributed by atoms with Gasteiger partial charge in [0.25, 0.3) is 5.91 Å². The summed E-state index contributed by atoms with van der Waals surface area (Å²) in [5.74, 6) is 0.407. The normalized spacial score (nSPS) is 11.3. The lowest BCUT2D eigenvalue weighted by Crippen LogP contribution is -2.29. The van der Waals surface area contributed by atoms with Crippen molar-refractivity contribution < 1.29 is 14.4 Å². The zero-order chi connectivity index (χ0) is 19.2. The molecule has 0 aliphatic carbocycles. The molecule has 0 saturated carbocycles. The van der Waals surface area contributed by atoms with Crippen molar-refractivity contribution in [3.8, 4) is 5.75 Å². The van der Waals surface area contributed by atoms with Crippen molar-refractivity contribution in [2.24, 2.45) is 5.16 Å². The number of fused-ring (bicyclic) bond motifs is 1. The van der Waals surface area contributed by atoms with E-state index >= 15 is 0 Å². The molecular formula is C21H19BrN2O3. The highest BCUT2D eigenvalue weighted by Gasteiger charge is 2.17. The van der Waals surface area contributed by atoms with Crippen molar-refractivity contribution in [3.63, 3.8) is 0 Å². The van der Waals surface area contributed by atoms with Crippen LogP contribution in [0.15, 0.2) is 70.3 Å². The fourth-order valence-corrected chi connectivity index (χ4v) is 3.39. The third-order valence-corrected chi connectivity index (χ3v) is 4.93. The first kappa shape index (κ1) is 18.9. The highest BCUT2D eigenvalue weighted by molar-refractivity contribution is 9.10. The molecule has 0 atom stereocenters. The Kier molecular flexibility index (Phi) is 6.08. The van der Waals surface area contributed by atoms with Gasteiger partial charge in [0.2, 0.25) is 0 Å². The molecule has 0 radical (unpaired) electrons. The summed E-state index contributed by atoms with van der Waals surface area (Å²) in [6.45, 7) is 0.285. The topological polar surface area (TPSA) is 59.9 Å². The Hall–Kier alpha value is -2.86. The summed E-state index contributed by atoms with van der Waals surface area (Å²) < 4.78 is 6.94. The Morgan fingerprint density at radius 2 is 1.81 bits per heavy atom. The van der Waals surface area contributed by atoms with Gasteiger partial charge in [0.15, 0.2) is 5.71 Å². The third-order valence-electron chi connectivity index (χ3n) is 4.11. The number of oxime groups is 1. The zero-order valence-corrected chi connectivity index (χ0v) is 16.6. The molecule has 0 spiro atoms. The van der Waals surface area contributed by atoms with Crippen molar-refractivity contribution >= 4 is 38.3 Å². The van der Waals surface area contributed by atoms with Gasteiger partial charge in [0.1, 0.15) is 19.5 Å². The number of benzene rings is 3. The van der Waals surface area contributed by atoms with Crippen LogP contribution in [0.25, 0.3) is 10.8 Å². The fraction of sp³-hybridized carbons (Fsp3) is 0.143. The number of amides is 1. The second kappa shape index (κ2) is 8.68. The quantitative estimate of drug-likeness (QED) is 0.472. The highest BCUT2D eigenvalue weighted by Crippen LogP contribution is 2.33. The number of halogens is 1. The van der Waals surface area contributed by atoms with E-state index in [0.29, 0.717) is 5.56 Å². The van der Waals surface area contributed by atoms with E-state index in [2.05, 4.69) is 32.5 Å². The number of carbonyl (C=O) groups is 1. The number of hydrogen-bond donors (Lipinski definition) is 1. The first-order chi connectivity index (χ1) is 13.2. The molecule has 1 N–H and O–H groups in total. The summed E-state index contributed by atoms with van der Waals surface area (Å²) in [7, 11) is 2.97. The summed E-state index contributed by atoms with van der Waals surface area (Å²) in [6.07, 6.45) is 0. The minimum atomic E-state index is -0.323. The van der Waals surface area contributed by atoms with Gasteiger partial charge in [-0.2, -0.15) is 0 Å². The fourth-order valence-electron chi connectivity index (χ4n) is 2.78. The molecule has 0 aliphatic rings. The first-order valence-corrected chi connectivity index (χ1v) is 9.16. The van der Waals surface area contributed by atoms with Gasteiger partial charge in [-0.3, -0.25) is 4.79 Å². The van der Waals surface area contributed by atoms with E-state index in [0.717, 1.165) is 26.6 Å². The van der Waals surface area contributed by atoms with Gasteiger partial charge >= 0.3 is 0 Å². The van der Waals surface area contributed by atoms with Crippen LogP contribution in [-0.4, -0.2) is 25.8 Å². The molecule has 3 aromatic carbocycles. The molecule has 3 aromatic rings. The lowest BCUT2D eigenvalue weighted by Gasteiger charge is -2.14. The number of rotatable bonds is 6. The largest absolute Gasteiger partial charge is 0.488 e. The molecule has 0 saturated heterocycles. The molecule has 0 unspecified atom stereocenters. The smallest absolute Gasteiger partial charge is 0.273 e. The molecule has 0 bridgehead atoms. The van der Waals surface area contributed by atoms with Crippen molar-refractivity contribution in [3.05, 3.63) is 76.3 Å². The van der Waals surface area contributed by atoms with Crippen LogP contribution in [0, 0.1) is 0 Å². The van der Waals surface area contributed by atoms with Crippen LogP contribution < -0.4 is 10.1 Å². The lowest BCUT2D eigenvalue weighted by molar-refractivity contribution is -0.114. The second-order valence-electron chi connectivity index (χ2n) is 5.75. The maximum atomic E-state index is 12.2. The summed E-state index contributed by atoms with van der Waals surface area (Å²) in [5.41, 5.74) is 1.70. The summed E-state index contributed by atoms with van der Waals surface area (Å²) in [4.78, 5) is 17.0. The van der Waals surface area contributed by atoms with Gasteiger partial charge in [0, 0.05) is 12.6 Å². The Labute approximate surface area is 166 Å². The minimum absolute atomic E-state index is 0.205. The van der Waals surface area contributed by atoms with Gasteiger partial charge < -0.3 is 14.9 Å². The van der Waals surface area contributed by atoms with E-state index in [1.54, 1.807) is 7.05 Å². The average molecular weight is 427 g/mol. The van der Waals surface area contributed by atoms with Crippen LogP contribution in [0.4, 0.5) is 0 Å². The van der Waals surface area contributed by atoms with E-state index in [-0.39, 0.29) is 18.2 Å². The number of nitrogens with one attached hydrogen (secondary N) is 1. The Morgan fingerprint density at radius 3 is 2.59 bits per heavy atom. The molecule has 0 aromatic heterocycles. The van der Waals surface area contributed by atoms with E-state index < -0.39 is 0 Å². The van der Waals surface area contributed by atoms with Gasteiger partial charge in [-0.1, -0.05) is 59.8 Å². The molecule has 0 fully saturated rings. The molecule has 3 rings (SSSR count). The van der Waals surface area contributed by atoms with Crippen LogP contribution in [0.3, 0.4) is 0 Å². The maximum absolute atomic E-state index is 12.2. The summed E-state index contributed by atoms with van der Waals surface area (Å²) >= 11 is 3.63. The molecule has 6 heteroatoms. The number of carbonyl (C=O) groups excluding carboxylic acids is 1. The molecule has 0 aliphatic heterocycles. The van der Waals surface area contributed by atoms with E-state index in [1.807, 2.05) is 54.6 Å². The van der Waals surface area contributed by atoms with E-state index in [9.17, 15) is 4.79 Å². The monoisotopic (exact) mass is 426 g/mol. The van der Waals surface area contributed by atoms with E-state index in [1.165, 1.54) is 7.11 Å². The Morgan fingerprint density at radius 1 is 1.07 bits per heavy atom. The predicted molar refractivity (Wildman–Crippen MR) is 110 cm³/mol. The second-order valence-corrected chi connectivity index (χ2v) is 6.54. The van der Waals surface area contributed by atoms with Crippen molar-refractivity contribution in [1.29, 1.82) is 0 Å². The molecule has 27 heavy (non-hydrogen) atoms. The van der Waals surface area contributed by atoms with Gasteiger partial charge in [-0.05, 0) is 38.3 Å². The van der Waals surface area contributed by atoms with Crippen LogP contribution >= 0.6 is 15.9 Å². The highest BCUT2D eigenvalue weighted by atomic mass is 79.9. The van der Waals surface area contributed by atoms with Gasteiger partial charge in [-0.25, -0.2) is 0 Å². The predicted octanol–water partition coefficient (Wildman–Crippen LogP) is 4.28. The third kappa shape index (κ3) is 4.11. The van der Waals surface area contributed by atoms with Crippen LogP contribution in [-0.2, 0) is 16.2 Å². The molecule has 5 nitrogen and oxygen atoms in total. The molecule has 1 amide bonds. The Balaban J connectivity index is 1.90. The SMILES string of the molecule is CNC(=O)C(=NOC)c1ccccc1COc1ccc2ccccc2c1Br. The molecular weight excluding hydrogens is 408 g/mol. The number of hydrogen-bond acceptors (Lipinski definition) is 4. The number of ether oxygens (including phenoxy) is 1. The van der Waals surface area contributed by atoms with Crippen LogP contribution in [0.2, 0.25) is 0 Å². The zero-order valence-electron chi connectivity index (χ0n) is 15.0. The first-order valence-electron chi connectivity index (χ1n) is 8.37. The van der Waals surface area contributed by atoms with Crippen molar-refractivity contribution in [2.75, 3.05) is 14.2 Å². The number of nitrogens with zero attached hydrogens (tertiary/aromatic N) is 1. The van der Waals surface area contributed by atoms with E-state index in [4.69, 9.17) is 9.57 Å². The summed E-state index contributed by atoms with van der Waals surface area (Å²) in [6, 6.07) is 19.5. The van der Waals surface area contributed by atoms with Crippen molar-refractivity contribution in [2.45, 2.75) is 6.61 Å². The van der Waals surface area contributed by atoms with Crippen LogP contribution in [0.5, 0.6) is 5.75 Å². The van der Waals surface area contributed by atoms with Gasteiger partial charge in [-0.15, -0.1) is 0 Å². The maximum Gasteiger partial charge on any atom is 0.273 e. The molecule has 0 heterocycles. The number of likely N-dealkylation sites (N-methyl/N-ethyl adjacent to an activating group) is 1. The standard InChI is InChI=1S/C21H19BrN2O3/c1-23-21(25)20(24-26-2)17-10-6-4-8-15(17)13-27-18-12-11-14-7-3-5-9-16(14)19(18)22/h3-12H,13H2,1-2H3,(H,23,25). The minimum Gasteiger partial charge on any atom is -0.488 e. The Bertz CT molecular complexity index is 1000. The van der Waals surface area contributed by atoms with Crippen molar-refractivity contribution in [1.82, 2.24) is 5.32 Å². The van der Waals surface area contributed by atoms with Gasteiger partial charge in [0.05, 0.1) is 4.47 Å². The molecule has 138 valence electrons. The lowest BCUT2D eigenvalue weighted by atomic mass is 10.0. The average Bonchev–Trinajstić information content (AvgIpc) is 2.71. The van der Waals surface area contributed by atoms with Crippen LogP contribution in [0.1, 0.15) is 11.1 Å². The summed E-state index contributed by atoms with van der Waals surface area (Å²) in [5, 5.41) is 8.67.